The standard InChI is InChI=1S/C12H22S/c1-5-7-8-9-10-13-12(6-2)11(3)4/h2,11-12H,5,7-10H2,1,3-4H3/t12-/m1/s1. The lowest BCUT2D eigenvalue weighted by atomic mass is 10.1. The Morgan fingerprint density at radius 1 is 1.23 bits per heavy atom. The smallest absolute Gasteiger partial charge is 0.0677 e. The van der Waals surface area contributed by atoms with Crippen LogP contribution in [0.3, 0.4) is 0 Å². The van der Waals surface area contributed by atoms with Gasteiger partial charge in [-0.1, -0.05) is 46.0 Å². The molecule has 76 valence electrons. The van der Waals surface area contributed by atoms with Gasteiger partial charge in [0.25, 0.3) is 0 Å². The highest BCUT2D eigenvalue weighted by Gasteiger charge is 2.09. The molecule has 0 aromatic rings. The SMILES string of the molecule is C#C[C@@H](SCCCCCC)C(C)C. The third kappa shape index (κ3) is 7.02. The van der Waals surface area contributed by atoms with Crippen molar-refractivity contribution in [3.8, 4) is 12.3 Å². The van der Waals surface area contributed by atoms with Crippen molar-refractivity contribution in [1.82, 2.24) is 0 Å². The molecule has 1 heteroatoms. The van der Waals surface area contributed by atoms with Crippen LogP contribution < -0.4 is 0 Å². The Kier molecular flexibility index (Phi) is 8.45. The lowest BCUT2D eigenvalue weighted by molar-refractivity contribution is 0.682. The maximum absolute atomic E-state index is 5.44. The van der Waals surface area contributed by atoms with Gasteiger partial charge in [0.1, 0.15) is 0 Å². The molecule has 0 radical (unpaired) electrons. The van der Waals surface area contributed by atoms with Crippen LogP contribution >= 0.6 is 11.8 Å². The second-order valence-corrected chi connectivity index (χ2v) is 5.01. The van der Waals surface area contributed by atoms with Crippen LogP contribution in [0, 0.1) is 18.3 Å². The summed E-state index contributed by atoms with van der Waals surface area (Å²) >= 11 is 1.94. The van der Waals surface area contributed by atoms with Gasteiger partial charge in [-0.05, 0) is 18.1 Å². The van der Waals surface area contributed by atoms with Gasteiger partial charge in [-0.15, -0.1) is 18.2 Å². The van der Waals surface area contributed by atoms with Crippen molar-refractivity contribution in [3.05, 3.63) is 0 Å². The molecular weight excluding hydrogens is 176 g/mol. The molecule has 0 bridgehead atoms. The topological polar surface area (TPSA) is 0 Å². The van der Waals surface area contributed by atoms with E-state index in [2.05, 4.69) is 26.7 Å². The highest BCUT2D eigenvalue weighted by Crippen LogP contribution is 2.20. The minimum Gasteiger partial charge on any atom is -0.145 e. The van der Waals surface area contributed by atoms with Crippen LogP contribution in [-0.2, 0) is 0 Å². The molecule has 0 saturated carbocycles. The fraction of sp³-hybridized carbons (Fsp3) is 0.833. The molecule has 0 amide bonds. The van der Waals surface area contributed by atoms with Crippen molar-refractivity contribution in [2.24, 2.45) is 5.92 Å². The van der Waals surface area contributed by atoms with Gasteiger partial charge in [0, 0.05) is 0 Å². The van der Waals surface area contributed by atoms with Crippen molar-refractivity contribution < 1.29 is 0 Å². The van der Waals surface area contributed by atoms with Crippen molar-refractivity contribution >= 4 is 11.8 Å². The minimum atomic E-state index is 0.418. The molecule has 0 N–H and O–H groups in total. The summed E-state index contributed by atoms with van der Waals surface area (Å²) in [5.74, 6) is 4.70. The molecule has 0 aromatic carbocycles. The molecule has 0 heterocycles. The van der Waals surface area contributed by atoms with E-state index < -0.39 is 0 Å². The van der Waals surface area contributed by atoms with Crippen molar-refractivity contribution in [3.63, 3.8) is 0 Å². The first-order valence-electron chi connectivity index (χ1n) is 5.30. The highest BCUT2D eigenvalue weighted by molar-refractivity contribution is 8.00. The van der Waals surface area contributed by atoms with E-state index in [1.54, 1.807) is 0 Å². The molecule has 1 atom stereocenters. The second-order valence-electron chi connectivity index (χ2n) is 3.76. The number of rotatable bonds is 7. The van der Waals surface area contributed by atoms with Crippen molar-refractivity contribution in [1.29, 1.82) is 0 Å². The van der Waals surface area contributed by atoms with Gasteiger partial charge in [0.05, 0.1) is 5.25 Å². The van der Waals surface area contributed by atoms with Gasteiger partial charge >= 0.3 is 0 Å². The Hall–Kier alpha value is -0.0900. The lowest BCUT2D eigenvalue weighted by Gasteiger charge is -2.13. The van der Waals surface area contributed by atoms with Gasteiger partial charge in [-0.3, -0.25) is 0 Å². The fourth-order valence-electron chi connectivity index (χ4n) is 1.17. The third-order valence-corrected chi connectivity index (χ3v) is 3.63. The molecule has 13 heavy (non-hydrogen) atoms. The molecule has 0 fully saturated rings. The van der Waals surface area contributed by atoms with Gasteiger partial charge in [0.15, 0.2) is 0 Å². The number of unbranched alkanes of at least 4 members (excludes halogenated alkanes) is 3. The van der Waals surface area contributed by atoms with Gasteiger partial charge in [-0.25, -0.2) is 0 Å². The van der Waals surface area contributed by atoms with Crippen LogP contribution in [0.2, 0.25) is 0 Å². The molecular formula is C12H22S. The first kappa shape index (κ1) is 12.9. The zero-order valence-corrected chi connectivity index (χ0v) is 9.99. The normalized spacial score (nSPS) is 12.8. The first-order valence-corrected chi connectivity index (χ1v) is 6.35. The zero-order chi connectivity index (χ0) is 10.1. The minimum absolute atomic E-state index is 0.418. The summed E-state index contributed by atoms with van der Waals surface area (Å²) in [5, 5.41) is 0.418. The predicted octanol–water partition coefficient (Wildman–Crippen LogP) is 3.96. The second kappa shape index (κ2) is 8.51. The molecule has 0 aliphatic rings. The summed E-state index contributed by atoms with van der Waals surface area (Å²) in [6.45, 7) is 6.64. The predicted molar refractivity (Wildman–Crippen MR) is 64.1 cm³/mol. The molecule has 0 aliphatic carbocycles. The van der Waals surface area contributed by atoms with E-state index in [0.29, 0.717) is 11.2 Å². The summed E-state index contributed by atoms with van der Waals surface area (Å²) in [6.07, 6.45) is 10.8. The number of hydrogen-bond acceptors (Lipinski definition) is 1. The van der Waals surface area contributed by atoms with Gasteiger partial charge < -0.3 is 0 Å². The Morgan fingerprint density at radius 2 is 1.92 bits per heavy atom. The van der Waals surface area contributed by atoms with Crippen LogP contribution in [0.15, 0.2) is 0 Å². The van der Waals surface area contributed by atoms with E-state index in [4.69, 9.17) is 6.42 Å². The van der Waals surface area contributed by atoms with Crippen LogP contribution in [-0.4, -0.2) is 11.0 Å². The van der Waals surface area contributed by atoms with Crippen molar-refractivity contribution in [2.75, 3.05) is 5.75 Å². The molecule has 0 nitrogen and oxygen atoms in total. The summed E-state index contributed by atoms with van der Waals surface area (Å²) < 4.78 is 0. The quantitative estimate of drug-likeness (QED) is 0.441. The Labute approximate surface area is 87.9 Å². The van der Waals surface area contributed by atoms with E-state index in [-0.39, 0.29) is 0 Å². The Balaban J connectivity index is 3.35. The van der Waals surface area contributed by atoms with E-state index in [1.165, 1.54) is 31.4 Å². The largest absolute Gasteiger partial charge is 0.145 e. The first-order chi connectivity index (χ1) is 6.22. The number of thioether (sulfide) groups is 1. The Morgan fingerprint density at radius 3 is 2.38 bits per heavy atom. The van der Waals surface area contributed by atoms with Crippen LogP contribution in [0.5, 0.6) is 0 Å². The van der Waals surface area contributed by atoms with Crippen LogP contribution in [0.1, 0.15) is 46.5 Å². The summed E-state index contributed by atoms with van der Waals surface area (Å²) in [6, 6.07) is 0. The molecule has 0 unspecified atom stereocenters. The maximum Gasteiger partial charge on any atom is 0.0677 e. The number of hydrogen-bond donors (Lipinski definition) is 0. The molecule has 0 aromatic heterocycles. The molecule has 0 rings (SSSR count). The molecule has 0 saturated heterocycles. The van der Waals surface area contributed by atoms with E-state index in [0.717, 1.165) is 0 Å². The van der Waals surface area contributed by atoms with Gasteiger partial charge in [-0.2, -0.15) is 0 Å². The van der Waals surface area contributed by atoms with E-state index >= 15 is 0 Å². The van der Waals surface area contributed by atoms with E-state index in [1.807, 2.05) is 11.8 Å². The molecule has 0 aliphatic heterocycles. The van der Waals surface area contributed by atoms with Crippen LogP contribution in [0.4, 0.5) is 0 Å². The number of terminal acetylenes is 1. The monoisotopic (exact) mass is 198 g/mol. The summed E-state index contributed by atoms with van der Waals surface area (Å²) in [4.78, 5) is 0. The van der Waals surface area contributed by atoms with Crippen LogP contribution in [0.25, 0.3) is 0 Å². The summed E-state index contributed by atoms with van der Waals surface area (Å²) in [5.41, 5.74) is 0. The zero-order valence-electron chi connectivity index (χ0n) is 9.18. The van der Waals surface area contributed by atoms with E-state index in [9.17, 15) is 0 Å². The Bertz CT molecular complexity index is 144. The fourth-order valence-corrected chi connectivity index (χ4v) is 2.28. The summed E-state index contributed by atoms with van der Waals surface area (Å²) in [7, 11) is 0. The third-order valence-electron chi connectivity index (χ3n) is 2.07. The average molecular weight is 198 g/mol. The van der Waals surface area contributed by atoms with Gasteiger partial charge in [0.2, 0.25) is 0 Å². The van der Waals surface area contributed by atoms with Crippen molar-refractivity contribution in [2.45, 2.75) is 51.7 Å². The lowest BCUT2D eigenvalue weighted by Crippen LogP contribution is -2.08. The average Bonchev–Trinajstić information content (AvgIpc) is 2.10. The molecule has 0 spiro atoms. The maximum atomic E-state index is 5.44. The highest BCUT2D eigenvalue weighted by atomic mass is 32.2.